The second kappa shape index (κ2) is 6.45. The van der Waals surface area contributed by atoms with Gasteiger partial charge < -0.3 is 10.5 Å². The number of nitrogens with two attached hydrogens (primary N) is 1. The molecule has 0 fully saturated rings. The number of esters is 1. The number of hydrogen-bond donors (Lipinski definition) is 1. The highest BCUT2D eigenvalue weighted by molar-refractivity contribution is 5.85. The first-order chi connectivity index (χ1) is 7.04. The second-order valence-corrected chi connectivity index (χ2v) is 3.40. The Kier molecular flexibility index (Phi) is 6.00. The van der Waals surface area contributed by atoms with Crippen LogP contribution in [0.5, 0.6) is 0 Å². The average molecular weight is 248 g/mol. The summed E-state index contributed by atoms with van der Waals surface area (Å²) in [7, 11) is 1.31. The molecule has 5 heteroatoms. The van der Waals surface area contributed by atoms with Crippen molar-refractivity contribution in [1.82, 2.24) is 0 Å². The number of ether oxygens (including phenoxy) is 1. The summed E-state index contributed by atoms with van der Waals surface area (Å²) in [4.78, 5) is 11.0. The third-order valence-corrected chi connectivity index (χ3v) is 2.22. The maximum Gasteiger partial charge on any atom is 0.307 e. The van der Waals surface area contributed by atoms with Crippen molar-refractivity contribution in [3.63, 3.8) is 0 Å². The van der Waals surface area contributed by atoms with Crippen molar-refractivity contribution in [2.24, 2.45) is 5.73 Å². The number of methoxy groups -OCH3 is 1. The molecule has 0 saturated heterocycles. The Morgan fingerprint density at radius 2 is 2.19 bits per heavy atom. The predicted octanol–water partition coefficient (Wildman–Crippen LogP) is 2.12. The SMILES string of the molecule is COC(=O)C[C@@H](N)c1ccc(F)c(C)c1.Cl. The lowest BCUT2D eigenvalue weighted by atomic mass is 10.0. The quantitative estimate of drug-likeness (QED) is 0.833. The molecule has 0 aromatic heterocycles. The number of aryl methyl sites for hydroxylation is 1. The van der Waals surface area contributed by atoms with E-state index in [2.05, 4.69) is 4.74 Å². The molecule has 1 rings (SSSR count). The molecule has 0 heterocycles. The molecule has 0 saturated carbocycles. The van der Waals surface area contributed by atoms with Crippen LogP contribution in [-0.4, -0.2) is 13.1 Å². The standard InChI is InChI=1S/C11H14FNO2.ClH/c1-7-5-8(3-4-9(7)12)10(13)6-11(14)15-2;/h3-5,10H,6,13H2,1-2H3;1H/t10-;/m1./s1. The van der Waals surface area contributed by atoms with Crippen LogP contribution in [0, 0.1) is 12.7 Å². The van der Waals surface area contributed by atoms with Crippen molar-refractivity contribution in [2.75, 3.05) is 7.11 Å². The van der Waals surface area contributed by atoms with E-state index in [1.807, 2.05) is 0 Å². The van der Waals surface area contributed by atoms with Gasteiger partial charge >= 0.3 is 5.97 Å². The molecule has 1 aromatic carbocycles. The van der Waals surface area contributed by atoms with E-state index in [0.29, 0.717) is 5.56 Å². The first kappa shape index (κ1) is 14.9. The van der Waals surface area contributed by atoms with E-state index in [4.69, 9.17) is 5.73 Å². The van der Waals surface area contributed by atoms with Crippen molar-refractivity contribution in [1.29, 1.82) is 0 Å². The highest BCUT2D eigenvalue weighted by Crippen LogP contribution is 2.17. The Morgan fingerprint density at radius 3 is 2.69 bits per heavy atom. The van der Waals surface area contributed by atoms with Gasteiger partial charge in [0.05, 0.1) is 13.5 Å². The van der Waals surface area contributed by atoms with Gasteiger partial charge in [0.2, 0.25) is 0 Å². The number of carbonyl (C=O) groups is 1. The molecule has 16 heavy (non-hydrogen) atoms. The van der Waals surface area contributed by atoms with Gasteiger partial charge in [0, 0.05) is 6.04 Å². The summed E-state index contributed by atoms with van der Waals surface area (Å²) in [6, 6.07) is 4.12. The van der Waals surface area contributed by atoms with E-state index in [-0.39, 0.29) is 30.6 Å². The molecule has 0 unspecified atom stereocenters. The first-order valence-corrected chi connectivity index (χ1v) is 4.63. The van der Waals surface area contributed by atoms with Gasteiger partial charge in [-0.1, -0.05) is 12.1 Å². The smallest absolute Gasteiger partial charge is 0.307 e. The largest absolute Gasteiger partial charge is 0.469 e. The fourth-order valence-electron chi connectivity index (χ4n) is 1.28. The maximum absolute atomic E-state index is 13.0. The van der Waals surface area contributed by atoms with Crippen LogP contribution in [0.4, 0.5) is 4.39 Å². The minimum absolute atomic E-state index is 0. The second-order valence-electron chi connectivity index (χ2n) is 3.40. The number of carbonyl (C=O) groups excluding carboxylic acids is 1. The Bertz CT molecular complexity index is 371. The van der Waals surface area contributed by atoms with Gasteiger partial charge in [0.1, 0.15) is 5.82 Å². The van der Waals surface area contributed by atoms with Gasteiger partial charge in [-0.15, -0.1) is 12.4 Å². The highest BCUT2D eigenvalue weighted by Gasteiger charge is 2.12. The number of rotatable bonds is 3. The van der Waals surface area contributed by atoms with Gasteiger partial charge in [-0.3, -0.25) is 4.79 Å². The van der Waals surface area contributed by atoms with E-state index in [1.165, 1.54) is 13.2 Å². The summed E-state index contributed by atoms with van der Waals surface area (Å²) < 4.78 is 17.5. The van der Waals surface area contributed by atoms with Gasteiger partial charge in [0.15, 0.2) is 0 Å². The average Bonchev–Trinajstić information content (AvgIpc) is 2.21. The Morgan fingerprint density at radius 1 is 1.56 bits per heavy atom. The highest BCUT2D eigenvalue weighted by atomic mass is 35.5. The van der Waals surface area contributed by atoms with Crippen LogP contribution >= 0.6 is 12.4 Å². The van der Waals surface area contributed by atoms with Crippen molar-refractivity contribution in [3.8, 4) is 0 Å². The zero-order chi connectivity index (χ0) is 11.4. The van der Waals surface area contributed by atoms with Crippen LogP contribution in [0.25, 0.3) is 0 Å². The summed E-state index contributed by atoms with van der Waals surface area (Å²) in [6.45, 7) is 1.66. The Labute approximate surface area is 100 Å². The summed E-state index contributed by atoms with van der Waals surface area (Å²) in [5.41, 5.74) is 7.02. The molecular weight excluding hydrogens is 233 g/mol. The van der Waals surface area contributed by atoms with E-state index in [9.17, 15) is 9.18 Å². The normalized spacial score (nSPS) is 11.5. The Balaban J connectivity index is 0.00000225. The topological polar surface area (TPSA) is 52.3 Å². The summed E-state index contributed by atoms with van der Waals surface area (Å²) >= 11 is 0. The lowest BCUT2D eigenvalue weighted by Gasteiger charge is -2.11. The zero-order valence-electron chi connectivity index (χ0n) is 9.20. The van der Waals surface area contributed by atoms with Crippen LogP contribution in [-0.2, 0) is 9.53 Å². The molecule has 0 radical (unpaired) electrons. The fourth-order valence-corrected chi connectivity index (χ4v) is 1.28. The molecule has 2 N–H and O–H groups in total. The predicted molar refractivity (Wildman–Crippen MR) is 61.9 cm³/mol. The minimum Gasteiger partial charge on any atom is -0.469 e. The minimum atomic E-state index is -0.447. The molecule has 0 amide bonds. The van der Waals surface area contributed by atoms with Gasteiger partial charge in [-0.2, -0.15) is 0 Å². The first-order valence-electron chi connectivity index (χ1n) is 4.63. The lowest BCUT2D eigenvalue weighted by Crippen LogP contribution is -2.16. The maximum atomic E-state index is 13.0. The van der Waals surface area contributed by atoms with Crippen LogP contribution in [0.1, 0.15) is 23.6 Å². The molecule has 3 nitrogen and oxygen atoms in total. The van der Waals surface area contributed by atoms with Crippen molar-refractivity contribution >= 4 is 18.4 Å². The van der Waals surface area contributed by atoms with E-state index >= 15 is 0 Å². The Hall–Kier alpha value is -1.13. The zero-order valence-corrected chi connectivity index (χ0v) is 10.0. The number of hydrogen-bond acceptors (Lipinski definition) is 3. The molecule has 0 spiro atoms. The van der Waals surface area contributed by atoms with E-state index in [1.54, 1.807) is 19.1 Å². The third kappa shape index (κ3) is 3.79. The van der Waals surface area contributed by atoms with Crippen LogP contribution in [0.15, 0.2) is 18.2 Å². The fraction of sp³-hybridized carbons (Fsp3) is 0.364. The molecule has 90 valence electrons. The van der Waals surface area contributed by atoms with Crippen molar-refractivity contribution < 1.29 is 13.9 Å². The molecule has 0 aliphatic rings. The number of halogens is 2. The molecule has 0 bridgehead atoms. The summed E-state index contributed by atoms with van der Waals surface area (Å²) in [6.07, 6.45) is 0.0988. The van der Waals surface area contributed by atoms with Crippen LogP contribution in [0.3, 0.4) is 0 Å². The van der Waals surface area contributed by atoms with Crippen LogP contribution < -0.4 is 5.73 Å². The van der Waals surface area contributed by atoms with Gasteiger partial charge in [-0.25, -0.2) is 4.39 Å². The molecule has 0 aliphatic heterocycles. The summed E-state index contributed by atoms with van der Waals surface area (Å²) in [5.74, 6) is -0.645. The molecular formula is C11H15ClFNO2. The van der Waals surface area contributed by atoms with Crippen LogP contribution in [0.2, 0.25) is 0 Å². The lowest BCUT2D eigenvalue weighted by molar-refractivity contribution is -0.141. The molecule has 1 aromatic rings. The summed E-state index contributed by atoms with van der Waals surface area (Å²) in [5, 5.41) is 0. The van der Waals surface area contributed by atoms with Gasteiger partial charge in [-0.05, 0) is 24.1 Å². The van der Waals surface area contributed by atoms with E-state index < -0.39 is 6.04 Å². The van der Waals surface area contributed by atoms with Crippen molar-refractivity contribution in [2.45, 2.75) is 19.4 Å². The van der Waals surface area contributed by atoms with E-state index in [0.717, 1.165) is 5.56 Å². The molecule has 1 atom stereocenters. The third-order valence-electron chi connectivity index (χ3n) is 2.22. The van der Waals surface area contributed by atoms with Crippen molar-refractivity contribution in [3.05, 3.63) is 35.1 Å². The van der Waals surface area contributed by atoms with Gasteiger partial charge in [0.25, 0.3) is 0 Å². The molecule has 0 aliphatic carbocycles. The number of benzene rings is 1. The monoisotopic (exact) mass is 247 g/mol.